The van der Waals surface area contributed by atoms with E-state index in [-0.39, 0.29) is 11.1 Å². The summed E-state index contributed by atoms with van der Waals surface area (Å²) in [5.74, 6) is 0.871. The van der Waals surface area contributed by atoms with Crippen LogP contribution in [0.5, 0.6) is 5.75 Å². The van der Waals surface area contributed by atoms with E-state index >= 15 is 0 Å². The number of fused-ring (bicyclic) bond motifs is 1. The quantitative estimate of drug-likeness (QED) is 0.431. The molecule has 36 heavy (non-hydrogen) atoms. The molecule has 0 amide bonds. The molecular formula is C26H31ClFN5O3. The third-order valence-corrected chi connectivity index (χ3v) is 6.97. The van der Waals surface area contributed by atoms with Gasteiger partial charge in [0.25, 0.3) is 0 Å². The molecule has 0 spiro atoms. The van der Waals surface area contributed by atoms with E-state index in [1.807, 2.05) is 12.1 Å². The number of nitrogens with one attached hydrogen (secondary N) is 1. The van der Waals surface area contributed by atoms with E-state index in [0.717, 1.165) is 87.5 Å². The Bertz CT molecular complexity index is 1190. The first-order valence-electron chi connectivity index (χ1n) is 12.4. The van der Waals surface area contributed by atoms with Gasteiger partial charge in [-0.2, -0.15) is 0 Å². The summed E-state index contributed by atoms with van der Waals surface area (Å²) >= 11 is 5.97. The molecule has 0 aliphatic carbocycles. The van der Waals surface area contributed by atoms with Crippen molar-refractivity contribution in [2.75, 3.05) is 62.8 Å². The Hall–Kier alpha value is -2.72. The van der Waals surface area contributed by atoms with Gasteiger partial charge in [-0.3, -0.25) is 4.90 Å². The van der Waals surface area contributed by atoms with Crippen LogP contribution < -0.4 is 15.0 Å². The lowest BCUT2D eigenvalue weighted by atomic mass is 10.1. The second kappa shape index (κ2) is 11.6. The SMILES string of the molecule is OC1CCN(c2cc3ncnc(Nc4ccc(F)c(Cl)c4)c3cc2OCCCN2CCOCC2)CC1. The molecule has 2 fully saturated rings. The number of piperidine rings is 1. The molecule has 2 aliphatic heterocycles. The molecule has 0 saturated carbocycles. The first kappa shape index (κ1) is 25.0. The van der Waals surface area contributed by atoms with Gasteiger partial charge in [-0.25, -0.2) is 14.4 Å². The maximum atomic E-state index is 13.6. The van der Waals surface area contributed by atoms with E-state index < -0.39 is 5.82 Å². The minimum absolute atomic E-state index is 0.0391. The monoisotopic (exact) mass is 515 g/mol. The zero-order chi connectivity index (χ0) is 24.9. The number of ether oxygens (including phenoxy) is 2. The average molecular weight is 516 g/mol. The van der Waals surface area contributed by atoms with Crippen molar-refractivity contribution >= 4 is 39.7 Å². The Morgan fingerprint density at radius 3 is 2.69 bits per heavy atom. The molecule has 0 atom stereocenters. The fourth-order valence-corrected chi connectivity index (χ4v) is 4.83. The van der Waals surface area contributed by atoms with E-state index in [9.17, 15) is 9.50 Å². The van der Waals surface area contributed by atoms with Crippen molar-refractivity contribution in [1.82, 2.24) is 14.9 Å². The predicted molar refractivity (Wildman–Crippen MR) is 139 cm³/mol. The molecule has 1 aromatic heterocycles. The van der Waals surface area contributed by atoms with E-state index in [1.165, 1.54) is 18.5 Å². The number of rotatable bonds is 8. The van der Waals surface area contributed by atoms with Crippen LogP contribution in [0, 0.1) is 5.82 Å². The number of halogens is 2. The fourth-order valence-electron chi connectivity index (χ4n) is 4.65. The number of morpholine rings is 1. The van der Waals surface area contributed by atoms with E-state index in [0.29, 0.717) is 18.1 Å². The number of aliphatic hydroxyl groups is 1. The topological polar surface area (TPSA) is 83.0 Å². The van der Waals surface area contributed by atoms with Crippen molar-refractivity contribution < 1.29 is 19.0 Å². The number of anilines is 3. The number of aliphatic hydroxyl groups excluding tert-OH is 1. The molecule has 3 aromatic rings. The molecule has 8 nitrogen and oxygen atoms in total. The van der Waals surface area contributed by atoms with Crippen molar-refractivity contribution in [3.63, 3.8) is 0 Å². The maximum absolute atomic E-state index is 13.6. The molecule has 5 rings (SSSR count). The largest absolute Gasteiger partial charge is 0.491 e. The highest BCUT2D eigenvalue weighted by molar-refractivity contribution is 6.31. The van der Waals surface area contributed by atoms with Gasteiger partial charge in [0.1, 0.15) is 23.7 Å². The zero-order valence-corrected chi connectivity index (χ0v) is 20.9. The summed E-state index contributed by atoms with van der Waals surface area (Å²) in [5, 5.41) is 14.1. The number of hydrogen-bond donors (Lipinski definition) is 2. The highest BCUT2D eigenvalue weighted by Crippen LogP contribution is 2.37. The summed E-state index contributed by atoms with van der Waals surface area (Å²) in [6.07, 6.45) is 3.58. The summed E-state index contributed by atoms with van der Waals surface area (Å²) < 4.78 is 25.4. The molecule has 10 heteroatoms. The van der Waals surface area contributed by atoms with Crippen molar-refractivity contribution in [3.8, 4) is 5.75 Å². The van der Waals surface area contributed by atoms with Gasteiger partial charge in [0.15, 0.2) is 0 Å². The Morgan fingerprint density at radius 2 is 1.92 bits per heavy atom. The third kappa shape index (κ3) is 5.98. The minimum Gasteiger partial charge on any atom is -0.491 e. The van der Waals surface area contributed by atoms with Crippen LogP contribution in [-0.4, -0.2) is 78.6 Å². The number of aromatic nitrogens is 2. The third-order valence-electron chi connectivity index (χ3n) is 6.68. The van der Waals surface area contributed by atoms with Gasteiger partial charge in [-0.1, -0.05) is 11.6 Å². The number of nitrogens with zero attached hydrogens (tertiary/aromatic N) is 4. The Labute approximate surface area is 215 Å². The van der Waals surface area contributed by atoms with Crippen LogP contribution in [0.15, 0.2) is 36.7 Å². The smallest absolute Gasteiger partial charge is 0.143 e. The Morgan fingerprint density at radius 1 is 1.11 bits per heavy atom. The van der Waals surface area contributed by atoms with Gasteiger partial charge in [0, 0.05) is 43.8 Å². The summed E-state index contributed by atoms with van der Waals surface area (Å²) in [6, 6.07) is 8.46. The van der Waals surface area contributed by atoms with Crippen LogP contribution in [0.25, 0.3) is 10.9 Å². The average Bonchev–Trinajstić information content (AvgIpc) is 2.90. The first-order valence-corrected chi connectivity index (χ1v) is 12.8. The van der Waals surface area contributed by atoms with Crippen molar-refractivity contribution in [2.24, 2.45) is 0 Å². The lowest BCUT2D eigenvalue weighted by Gasteiger charge is -2.33. The van der Waals surface area contributed by atoms with Crippen molar-refractivity contribution in [2.45, 2.75) is 25.4 Å². The number of hydrogen-bond acceptors (Lipinski definition) is 8. The summed E-state index contributed by atoms with van der Waals surface area (Å²) in [4.78, 5) is 13.6. The normalized spacial score (nSPS) is 17.5. The van der Waals surface area contributed by atoms with Gasteiger partial charge in [0.05, 0.1) is 42.2 Å². The first-order chi connectivity index (χ1) is 17.6. The lowest BCUT2D eigenvalue weighted by molar-refractivity contribution is 0.0358. The van der Waals surface area contributed by atoms with Crippen molar-refractivity contribution in [3.05, 3.63) is 47.5 Å². The Balaban J connectivity index is 1.40. The van der Waals surface area contributed by atoms with Crippen LogP contribution >= 0.6 is 11.6 Å². The van der Waals surface area contributed by atoms with E-state index in [1.54, 1.807) is 6.07 Å². The summed E-state index contributed by atoms with van der Waals surface area (Å²) in [5.41, 5.74) is 2.36. The Kier molecular flexibility index (Phi) is 8.01. The van der Waals surface area contributed by atoms with Gasteiger partial charge in [0.2, 0.25) is 0 Å². The van der Waals surface area contributed by atoms with Crippen LogP contribution in [0.1, 0.15) is 19.3 Å². The molecular weight excluding hydrogens is 485 g/mol. The van der Waals surface area contributed by atoms with E-state index in [4.69, 9.17) is 21.1 Å². The fraction of sp³-hybridized carbons (Fsp3) is 0.462. The molecule has 0 unspecified atom stereocenters. The lowest BCUT2D eigenvalue weighted by Crippen LogP contribution is -2.37. The van der Waals surface area contributed by atoms with Gasteiger partial charge < -0.3 is 24.8 Å². The van der Waals surface area contributed by atoms with Crippen LogP contribution in [0.2, 0.25) is 5.02 Å². The summed E-state index contributed by atoms with van der Waals surface area (Å²) in [6.45, 7) is 6.52. The molecule has 0 radical (unpaired) electrons. The predicted octanol–water partition coefficient (Wildman–Crippen LogP) is 4.23. The maximum Gasteiger partial charge on any atom is 0.143 e. The molecule has 2 N–H and O–H groups in total. The van der Waals surface area contributed by atoms with E-state index in [2.05, 4.69) is 25.1 Å². The minimum atomic E-state index is -0.473. The highest BCUT2D eigenvalue weighted by atomic mass is 35.5. The van der Waals surface area contributed by atoms with Crippen molar-refractivity contribution in [1.29, 1.82) is 0 Å². The molecule has 2 aliphatic rings. The van der Waals surface area contributed by atoms with Crippen LogP contribution in [0.3, 0.4) is 0 Å². The number of benzene rings is 2. The molecule has 2 aromatic carbocycles. The molecule has 192 valence electrons. The second-order valence-corrected chi connectivity index (χ2v) is 9.59. The summed E-state index contributed by atoms with van der Waals surface area (Å²) in [7, 11) is 0. The standard InChI is InChI=1S/C26H31ClFN5O3/c27-21-14-18(2-3-22(21)28)31-26-20-15-25(36-11-1-6-32-9-12-35-13-10-32)24(16-23(20)29-17-30-26)33-7-4-19(34)5-8-33/h2-3,14-17,19,34H,1,4-13H2,(H,29,30,31). The van der Waals surface area contributed by atoms with Gasteiger partial charge in [-0.15, -0.1) is 0 Å². The van der Waals surface area contributed by atoms with Gasteiger partial charge in [-0.05, 0) is 49.6 Å². The van der Waals surface area contributed by atoms with Gasteiger partial charge >= 0.3 is 0 Å². The molecule has 0 bridgehead atoms. The molecule has 2 saturated heterocycles. The van der Waals surface area contributed by atoms with Crippen LogP contribution in [0.4, 0.5) is 21.6 Å². The second-order valence-electron chi connectivity index (χ2n) is 9.19. The highest BCUT2D eigenvalue weighted by Gasteiger charge is 2.22. The zero-order valence-electron chi connectivity index (χ0n) is 20.1. The van der Waals surface area contributed by atoms with Crippen LogP contribution in [-0.2, 0) is 4.74 Å². The molecule has 3 heterocycles.